The van der Waals surface area contributed by atoms with Gasteiger partial charge < -0.3 is 10.1 Å². The van der Waals surface area contributed by atoms with Crippen molar-refractivity contribution in [3.63, 3.8) is 0 Å². The number of hydrogen-bond acceptors (Lipinski definition) is 3. The Hall–Kier alpha value is -3.14. The zero-order valence-corrected chi connectivity index (χ0v) is 14.2. The van der Waals surface area contributed by atoms with Crippen LogP contribution in [-0.4, -0.2) is 17.8 Å². The number of benzene rings is 3. The lowest BCUT2D eigenvalue weighted by Gasteiger charge is -2.15. The summed E-state index contributed by atoms with van der Waals surface area (Å²) in [5.41, 5.74) is 1.27. The summed E-state index contributed by atoms with van der Waals surface area (Å²) in [7, 11) is 0. The Bertz CT molecular complexity index is 933. The van der Waals surface area contributed by atoms with E-state index in [1.54, 1.807) is 31.2 Å². The van der Waals surface area contributed by atoms with E-state index < -0.39 is 6.10 Å². The maximum Gasteiger partial charge on any atom is 0.265 e. The van der Waals surface area contributed by atoms with Gasteiger partial charge in [-0.15, -0.1) is 0 Å². The number of hydrogen-bond donors (Lipinski definition) is 1. The van der Waals surface area contributed by atoms with Crippen LogP contribution in [0.3, 0.4) is 0 Å². The van der Waals surface area contributed by atoms with Crippen LogP contribution in [0.4, 0.5) is 5.69 Å². The molecule has 0 saturated carbocycles. The van der Waals surface area contributed by atoms with Gasteiger partial charge in [-0.1, -0.05) is 42.5 Å². The minimum atomic E-state index is -0.686. The van der Waals surface area contributed by atoms with E-state index in [0.717, 1.165) is 16.5 Å². The number of rotatable bonds is 5. The molecule has 3 rings (SSSR count). The van der Waals surface area contributed by atoms with Crippen molar-refractivity contribution in [2.45, 2.75) is 20.0 Å². The quantitative estimate of drug-likeness (QED) is 0.702. The molecule has 0 heterocycles. The minimum absolute atomic E-state index is 0.0429. The Balaban J connectivity index is 1.69. The molecule has 4 nitrogen and oxygen atoms in total. The Kier molecular flexibility index (Phi) is 4.80. The number of anilines is 1. The largest absolute Gasteiger partial charge is 0.481 e. The molecule has 1 atom stereocenters. The van der Waals surface area contributed by atoms with Gasteiger partial charge in [-0.25, -0.2) is 0 Å². The van der Waals surface area contributed by atoms with Crippen molar-refractivity contribution in [1.29, 1.82) is 0 Å². The molecular formula is C21H19NO3. The van der Waals surface area contributed by atoms with E-state index in [1.165, 1.54) is 6.92 Å². The van der Waals surface area contributed by atoms with Gasteiger partial charge in [-0.3, -0.25) is 9.59 Å². The summed E-state index contributed by atoms with van der Waals surface area (Å²) in [4.78, 5) is 23.8. The third kappa shape index (κ3) is 4.04. The third-order valence-corrected chi connectivity index (χ3v) is 3.94. The molecule has 0 aliphatic carbocycles. The number of Topliss-reactive ketones (excluding diaryl/α,β-unsaturated/α-hetero) is 1. The van der Waals surface area contributed by atoms with Gasteiger partial charge >= 0.3 is 0 Å². The highest BCUT2D eigenvalue weighted by atomic mass is 16.5. The first-order valence-electron chi connectivity index (χ1n) is 8.10. The molecule has 126 valence electrons. The first-order chi connectivity index (χ1) is 12.0. The van der Waals surface area contributed by atoms with E-state index in [0.29, 0.717) is 11.3 Å². The van der Waals surface area contributed by atoms with E-state index in [9.17, 15) is 9.59 Å². The summed E-state index contributed by atoms with van der Waals surface area (Å²) < 4.78 is 5.66. The maximum absolute atomic E-state index is 12.4. The van der Waals surface area contributed by atoms with E-state index in [2.05, 4.69) is 5.32 Å². The van der Waals surface area contributed by atoms with Crippen LogP contribution in [0.2, 0.25) is 0 Å². The third-order valence-electron chi connectivity index (χ3n) is 3.94. The molecule has 0 spiro atoms. The summed E-state index contributed by atoms with van der Waals surface area (Å²) in [6, 6.07) is 20.5. The molecule has 0 fully saturated rings. The van der Waals surface area contributed by atoms with Crippen LogP contribution < -0.4 is 10.1 Å². The van der Waals surface area contributed by atoms with Gasteiger partial charge in [0.05, 0.1) is 0 Å². The van der Waals surface area contributed by atoms with Gasteiger partial charge in [-0.05, 0) is 48.9 Å². The molecule has 25 heavy (non-hydrogen) atoms. The normalized spacial score (nSPS) is 11.8. The summed E-state index contributed by atoms with van der Waals surface area (Å²) in [5.74, 6) is 0.205. The fourth-order valence-corrected chi connectivity index (χ4v) is 2.56. The molecule has 1 amide bonds. The van der Waals surface area contributed by atoms with Crippen molar-refractivity contribution in [1.82, 2.24) is 0 Å². The summed E-state index contributed by atoms with van der Waals surface area (Å²) in [6.45, 7) is 3.17. The van der Waals surface area contributed by atoms with Crippen LogP contribution in [0.15, 0.2) is 66.7 Å². The molecular weight excluding hydrogens is 314 g/mol. The first kappa shape index (κ1) is 16.7. The Morgan fingerprint density at radius 1 is 0.920 bits per heavy atom. The zero-order valence-electron chi connectivity index (χ0n) is 14.2. The summed E-state index contributed by atoms with van der Waals surface area (Å²) >= 11 is 0. The van der Waals surface area contributed by atoms with Crippen LogP contribution >= 0.6 is 0 Å². The molecule has 0 bridgehead atoms. The number of carbonyl (C=O) groups excluding carboxylic acids is 2. The predicted molar refractivity (Wildman–Crippen MR) is 99.1 cm³/mol. The first-order valence-corrected chi connectivity index (χ1v) is 8.10. The Labute approximate surface area is 146 Å². The molecule has 0 radical (unpaired) electrons. The molecule has 3 aromatic carbocycles. The van der Waals surface area contributed by atoms with E-state index in [1.807, 2.05) is 42.5 Å². The summed E-state index contributed by atoms with van der Waals surface area (Å²) in [5, 5.41) is 5.04. The lowest BCUT2D eigenvalue weighted by atomic mass is 10.1. The number of amides is 1. The fraction of sp³-hybridized carbons (Fsp3) is 0.143. The lowest BCUT2D eigenvalue weighted by molar-refractivity contribution is -0.122. The van der Waals surface area contributed by atoms with Crippen LogP contribution in [0, 0.1) is 0 Å². The highest BCUT2D eigenvalue weighted by molar-refractivity contribution is 5.97. The van der Waals surface area contributed by atoms with E-state index in [-0.39, 0.29) is 11.7 Å². The van der Waals surface area contributed by atoms with Crippen LogP contribution in [0.5, 0.6) is 5.75 Å². The average Bonchev–Trinajstić information content (AvgIpc) is 2.61. The predicted octanol–water partition coefficient (Wildman–Crippen LogP) is 4.45. The van der Waals surface area contributed by atoms with Gasteiger partial charge in [0.1, 0.15) is 5.75 Å². The van der Waals surface area contributed by atoms with Gasteiger partial charge in [0, 0.05) is 11.3 Å². The molecule has 0 aliphatic heterocycles. The number of nitrogens with one attached hydrogen (secondary N) is 1. The number of carbonyl (C=O) groups is 2. The van der Waals surface area contributed by atoms with Crippen molar-refractivity contribution in [2.24, 2.45) is 0 Å². The second-order valence-electron chi connectivity index (χ2n) is 5.90. The highest BCUT2D eigenvalue weighted by Crippen LogP contribution is 2.20. The number of ether oxygens (including phenoxy) is 1. The molecule has 0 aromatic heterocycles. The fourth-order valence-electron chi connectivity index (χ4n) is 2.56. The standard InChI is InChI=1S/C21H19NO3/c1-14(23)17-8-5-9-20(13-17)25-15(2)21(24)22-19-11-10-16-6-3-4-7-18(16)12-19/h3-13,15H,1-2H3,(H,22,24)/t15-/m1/s1. The topological polar surface area (TPSA) is 55.4 Å². The van der Waals surface area contributed by atoms with E-state index in [4.69, 9.17) is 4.74 Å². The zero-order chi connectivity index (χ0) is 17.8. The molecule has 0 aliphatic rings. The van der Waals surface area contributed by atoms with Crippen molar-refractivity contribution < 1.29 is 14.3 Å². The van der Waals surface area contributed by atoms with Gasteiger partial charge in [0.15, 0.2) is 11.9 Å². The Morgan fingerprint density at radius 2 is 1.68 bits per heavy atom. The monoisotopic (exact) mass is 333 g/mol. The molecule has 1 N–H and O–H groups in total. The van der Waals surface area contributed by atoms with Crippen molar-refractivity contribution in [3.8, 4) is 5.75 Å². The molecule has 4 heteroatoms. The van der Waals surface area contributed by atoms with Crippen LogP contribution in [-0.2, 0) is 4.79 Å². The highest BCUT2D eigenvalue weighted by Gasteiger charge is 2.15. The SMILES string of the molecule is CC(=O)c1cccc(O[C@H](C)C(=O)Nc2ccc3ccccc3c2)c1. The molecule has 0 saturated heterocycles. The second-order valence-corrected chi connectivity index (χ2v) is 5.90. The lowest BCUT2D eigenvalue weighted by Crippen LogP contribution is -2.30. The van der Waals surface area contributed by atoms with Crippen molar-refractivity contribution in [3.05, 3.63) is 72.3 Å². The Morgan fingerprint density at radius 3 is 2.44 bits per heavy atom. The van der Waals surface area contributed by atoms with Crippen molar-refractivity contribution in [2.75, 3.05) is 5.32 Å². The number of ketones is 1. The minimum Gasteiger partial charge on any atom is -0.481 e. The van der Waals surface area contributed by atoms with E-state index >= 15 is 0 Å². The van der Waals surface area contributed by atoms with Gasteiger partial charge in [-0.2, -0.15) is 0 Å². The summed E-state index contributed by atoms with van der Waals surface area (Å²) in [6.07, 6.45) is -0.686. The maximum atomic E-state index is 12.4. The molecule has 0 unspecified atom stereocenters. The second kappa shape index (κ2) is 7.18. The van der Waals surface area contributed by atoms with Crippen LogP contribution in [0.25, 0.3) is 10.8 Å². The van der Waals surface area contributed by atoms with Gasteiger partial charge in [0.25, 0.3) is 5.91 Å². The average molecular weight is 333 g/mol. The smallest absolute Gasteiger partial charge is 0.265 e. The molecule has 3 aromatic rings. The van der Waals surface area contributed by atoms with Crippen LogP contribution in [0.1, 0.15) is 24.2 Å². The van der Waals surface area contributed by atoms with Gasteiger partial charge in [0.2, 0.25) is 0 Å². The number of fused-ring (bicyclic) bond motifs is 1. The van der Waals surface area contributed by atoms with Crippen molar-refractivity contribution >= 4 is 28.2 Å².